The van der Waals surface area contributed by atoms with Crippen molar-refractivity contribution in [3.8, 4) is 17.1 Å². The normalized spacial score (nSPS) is 10.7. The first-order valence-corrected chi connectivity index (χ1v) is 10.5. The molecule has 0 radical (unpaired) electrons. The van der Waals surface area contributed by atoms with E-state index in [9.17, 15) is 14.4 Å². The van der Waals surface area contributed by atoms with Gasteiger partial charge in [-0.2, -0.15) is 9.78 Å². The van der Waals surface area contributed by atoms with Gasteiger partial charge in [-0.1, -0.05) is 59.7 Å². The third-order valence-electron chi connectivity index (χ3n) is 5.03. The molecule has 2 heterocycles. The van der Waals surface area contributed by atoms with Crippen LogP contribution < -0.4 is 10.9 Å². The van der Waals surface area contributed by atoms with Gasteiger partial charge >= 0.3 is 12.0 Å². The van der Waals surface area contributed by atoms with Crippen LogP contribution in [0.1, 0.15) is 10.5 Å². The monoisotopic (exact) mass is 467 g/mol. The number of rotatable bonds is 6. The third kappa shape index (κ3) is 4.53. The molecule has 172 valence electrons. The quantitative estimate of drug-likeness (QED) is 0.377. The number of ether oxygens (including phenoxy) is 1. The molecule has 5 aromatic rings. The molecule has 35 heavy (non-hydrogen) atoms. The van der Waals surface area contributed by atoms with Gasteiger partial charge in [0.2, 0.25) is 5.89 Å². The summed E-state index contributed by atoms with van der Waals surface area (Å²) >= 11 is 0. The van der Waals surface area contributed by atoms with Crippen LogP contribution in [-0.2, 0) is 9.53 Å². The number of nitrogens with zero attached hydrogens (tertiary/aromatic N) is 4. The van der Waals surface area contributed by atoms with Crippen molar-refractivity contribution in [2.75, 3.05) is 11.9 Å². The smallest absolute Gasteiger partial charge is 0.359 e. The minimum atomic E-state index is -0.864. The van der Waals surface area contributed by atoms with E-state index in [0.29, 0.717) is 22.0 Å². The number of carbonyl (C=O) groups excluding carboxylic acids is 2. The van der Waals surface area contributed by atoms with Crippen LogP contribution in [0.15, 0.2) is 94.1 Å². The Kier molecular flexibility index (Phi) is 5.83. The average Bonchev–Trinajstić information content (AvgIpc) is 3.37. The van der Waals surface area contributed by atoms with Crippen molar-refractivity contribution in [2.45, 2.75) is 0 Å². The van der Waals surface area contributed by atoms with Crippen molar-refractivity contribution in [1.29, 1.82) is 0 Å². The van der Waals surface area contributed by atoms with Crippen LogP contribution in [0.2, 0.25) is 0 Å². The lowest BCUT2D eigenvalue weighted by Gasteiger charge is -2.10. The van der Waals surface area contributed by atoms with E-state index in [-0.39, 0.29) is 23.2 Å². The van der Waals surface area contributed by atoms with Crippen molar-refractivity contribution < 1.29 is 18.7 Å². The average molecular weight is 467 g/mol. The summed E-state index contributed by atoms with van der Waals surface area (Å²) in [6, 6.07) is 24.2. The molecular weight excluding hydrogens is 450 g/mol. The molecular formula is C25H17N5O5. The fourth-order valence-corrected chi connectivity index (χ4v) is 3.41. The molecule has 0 spiro atoms. The van der Waals surface area contributed by atoms with Crippen LogP contribution >= 0.6 is 0 Å². The van der Waals surface area contributed by atoms with Crippen molar-refractivity contribution in [2.24, 2.45) is 0 Å². The van der Waals surface area contributed by atoms with Gasteiger partial charge in [-0.15, -0.1) is 5.10 Å². The predicted molar refractivity (Wildman–Crippen MR) is 126 cm³/mol. The molecule has 0 fully saturated rings. The summed E-state index contributed by atoms with van der Waals surface area (Å²) in [4.78, 5) is 38.1. The second kappa shape index (κ2) is 9.40. The molecule has 0 aliphatic carbocycles. The Balaban J connectivity index is 1.34. The number of esters is 1. The highest BCUT2D eigenvalue weighted by Crippen LogP contribution is 2.19. The molecule has 2 aromatic heterocycles. The molecule has 0 saturated carbocycles. The van der Waals surface area contributed by atoms with E-state index in [1.165, 1.54) is 0 Å². The highest BCUT2D eigenvalue weighted by atomic mass is 16.5. The zero-order chi connectivity index (χ0) is 24.2. The fraction of sp³-hybridized carbons (Fsp3) is 0.0400. The topological polar surface area (TPSA) is 129 Å². The highest BCUT2D eigenvalue weighted by molar-refractivity contribution is 6.03. The number of benzene rings is 3. The molecule has 0 aliphatic rings. The first-order chi connectivity index (χ1) is 17.1. The molecule has 0 aliphatic heterocycles. The van der Waals surface area contributed by atoms with Gasteiger partial charge in [0.15, 0.2) is 12.3 Å². The summed E-state index contributed by atoms with van der Waals surface area (Å²) in [6.45, 7) is -0.623. The SMILES string of the molecule is O=C(COC(=O)c1nn(-c2ccccc2)c(=O)c2ccccc12)Nc1nnc(-c2ccccc2)o1. The second-order valence-corrected chi connectivity index (χ2v) is 7.35. The Bertz CT molecular complexity index is 1580. The van der Waals surface area contributed by atoms with E-state index < -0.39 is 18.5 Å². The van der Waals surface area contributed by atoms with E-state index in [0.717, 1.165) is 4.68 Å². The van der Waals surface area contributed by atoms with Crippen LogP contribution in [0.4, 0.5) is 6.01 Å². The van der Waals surface area contributed by atoms with Crippen LogP contribution in [0.3, 0.4) is 0 Å². The Morgan fingerprint density at radius 2 is 1.51 bits per heavy atom. The van der Waals surface area contributed by atoms with E-state index in [2.05, 4.69) is 20.6 Å². The summed E-state index contributed by atoms with van der Waals surface area (Å²) in [6.07, 6.45) is 0. The number of fused-ring (bicyclic) bond motifs is 1. The van der Waals surface area contributed by atoms with Crippen LogP contribution in [0.5, 0.6) is 0 Å². The standard InChI is InChI=1S/C25H17N5O5/c31-20(26-25-28-27-22(35-25)16-9-3-1-4-10-16)15-34-24(33)21-18-13-7-8-14-19(18)23(32)30(29-21)17-11-5-2-6-12-17/h1-14H,15H2,(H,26,28,31). The minimum Gasteiger partial charge on any atom is -0.451 e. The number of hydrogen-bond acceptors (Lipinski definition) is 8. The number of anilines is 1. The van der Waals surface area contributed by atoms with Crippen LogP contribution in [0.25, 0.3) is 27.9 Å². The van der Waals surface area contributed by atoms with Gasteiger partial charge in [0, 0.05) is 10.9 Å². The van der Waals surface area contributed by atoms with E-state index in [1.807, 2.05) is 18.2 Å². The molecule has 5 rings (SSSR count). The number of hydrogen-bond donors (Lipinski definition) is 1. The molecule has 1 N–H and O–H groups in total. The molecule has 0 unspecified atom stereocenters. The molecule has 10 heteroatoms. The summed E-state index contributed by atoms with van der Waals surface area (Å²) < 4.78 is 11.7. The number of nitrogens with one attached hydrogen (secondary N) is 1. The lowest BCUT2D eigenvalue weighted by molar-refractivity contribution is -0.119. The van der Waals surface area contributed by atoms with Gasteiger partial charge in [0.1, 0.15) is 0 Å². The third-order valence-corrected chi connectivity index (χ3v) is 5.03. The van der Waals surface area contributed by atoms with Crippen molar-refractivity contribution in [3.63, 3.8) is 0 Å². The zero-order valence-corrected chi connectivity index (χ0v) is 18.1. The van der Waals surface area contributed by atoms with Gasteiger partial charge in [-0.25, -0.2) is 4.79 Å². The molecule has 0 bridgehead atoms. The second-order valence-electron chi connectivity index (χ2n) is 7.35. The molecule has 0 saturated heterocycles. The minimum absolute atomic E-state index is 0.0963. The Morgan fingerprint density at radius 1 is 0.857 bits per heavy atom. The van der Waals surface area contributed by atoms with Gasteiger partial charge in [0.25, 0.3) is 11.5 Å². The highest BCUT2D eigenvalue weighted by Gasteiger charge is 2.20. The number of para-hydroxylation sites is 1. The number of amides is 1. The van der Waals surface area contributed by atoms with E-state index >= 15 is 0 Å². The Hall–Kier alpha value is -5.12. The van der Waals surface area contributed by atoms with Gasteiger partial charge in [-0.3, -0.25) is 14.9 Å². The van der Waals surface area contributed by atoms with E-state index in [1.54, 1.807) is 66.7 Å². The molecule has 1 amide bonds. The first kappa shape index (κ1) is 21.7. The van der Waals surface area contributed by atoms with Crippen molar-refractivity contribution >= 4 is 28.7 Å². The lowest BCUT2D eigenvalue weighted by atomic mass is 10.1. The predicted octanol–water partition coefficient (Wildman–Crippen LogP) is 3.23. The zero-order valence-electron chi connectivity index (χ0n) is 18.1. The maximum Gasteiger partial charge on any atom is 0.359 e. The lowest BCUT2D eigenvalue weighted by Crippen LogP contribution is -2.26. The van der Waals surface area contributed by atoms with Crippen molar-refractivity contribution in [3.05, 3.63) is 101 Å². The molecule has 0 atom stereocenters. The summed E-state index contributed by atoms with van der Waals surface area (Å²) in [5.41, 5.74) is 0.701. The maximum atomic E-state index is 12.9. The number of carbonyl (C=O) groups is 2. The molecule has 10 nitrogen and oxygen atoms in total. The summed E-state index contributed by atoms with van der Waals surface area (Å²) in [7, 11) is 0. The Labute approximate surface area is 197 Å². The first-order valence-electron chi connectivity index (χ1n) is 10.5. The van der Waals surface area contributed by atoms with Crippen LogP contribution in [0, 0.1) is 0 Å². The summed E-state index contributed by atoms with van der Waals surface area (Å²) in [5, 5.41) is 14.9. The van der Waals surface area contributed by atoms with Gasteiger partial charge in [-0.05, 0) is 30.3 Å². The molecule has 3 aromatic carbocycles. The van der Waals surface area contributed by atoms with Crippen LogP contribution in [-0.4, -0.2) is 38.5 Å². The van der Waals surface area contributed by atoms with Gasteiger partial charge < -0.3 is 9.15 Å². The van der Waals surface area contributed by atoms with Crippen molar-refractivity contribution in [1.82, 2.24) is 20.0 Å². The maximum absolute atomic E-state index is 12.9. The summed E-state index contributed by atoms with van der Waals surface area (Å²) in [5.74, 6) is -1.31. The van der Waals surface area contributed by atoms with E-state index in [4.69, 9.17) is 9.15 Å². The Morgan fingerprint density at radius 3 is 2.26 bits per heavy atom. The largest absolute Gasteiger partial charge is 0.451 e. The van der Waals surface area contributed by atoms with Gasteiger partial charge in [0.05, 0.1) is 11.1 Å². The fourth-order valence-electron chi connectivity index (χ4n) is 3.41. The number of aromatic nitrogens is 4.